The van der Waals surface area contributed by atoms with E-state index in [0.29, 0.717) is 5.96 Å². The van der Waals surface area contributed by atoms with Crippen molar-refractivity contribution < 1.29 is 4.74 Å². The highest BCUT2D eigenvalue weighted by atomic mass is 32.1. The summed E-state index contributed by atoms with van der Waals surface area (Å²) in [5.41, 5.74) is 9.45. The Kier molecular flexibility index (Phi) is 7.62. The fourth-order valence-corrected chi connectivity index (χ4v) is 3.67. The van der Waals surface area contributed by atoms with Gasteiger partial charge in [0.2, 0.25) is 0 Å². The van der Waals surface area contributed by atoms with E-state index in [4.69, 9.17) is 10.5 Å². The van der Waals surface area contributed by atoms with Gasteiger partial charge in [-0.15, -0.1) is 11.3 Å². The third-order valence-corrected chi connectivity index (χ3v) is 5.38. The van der Waals surface area contributed by atoms with E-state index in [1.54, 1.807) is 11.3 Å². The van der Waals surface area contributed by atoms with Gasteiger partial charge in [-0.2, -0.15) is 0 Å². The highest BCUT2D eigenvalue weighted by Crippen LogP contribution is 2.21. The molecule has 2 heterocycles. The molecule has 0 radical (unpaired) electrons. The number of nitrogens with one attached hydrogen (secondary N) is 1. The van der Waals surface area contributed by atoms with Gasteiger partial charge in [-0.25, -0.2) is 4.98 Å². The molecule has 1 aliphatic heterocycles. The topological polar surface area (TPSA) is 75.8 Å². The molecule has 1 saturated heterocycles. The fraction of sp³-hybridized carbons (Fsp3) is 0.500. The van der Waals surface area contributed by atoms with Crippen molar-refractivity contribution in [1.29, 1.82) is 0 Å². The van der Waals surface area contributed by atoms with Crippen LogP contribution in [0.1, 0.15) is 17.0 Å². The molecule has 2 aromatic rings. The Balaban J connectivity index is 1.33. The Bertz CT molecular complexity index is 722. The first-order chi connectivity index (χ1) is 13.2. The molecule has 1 aromatic carbocycles. The van der Waals surface area contributed by atoms with Crippen LogP contribution in [-0.4, -0.2) is 61.8 Å². The number of hydrogen-bond acceptors (Lipinski definition) is 5. The lowest BCUT2D eigenvalue weighted by Crippen LogP contribution is -2.37. The van der Waals surface area contributed by atoms with E-state index < -0.39 is 0 Å². The molecule has 0 spiro atoms. The van der Waals surface area contributed by atoms with Gasteiger partial charge in [0.05, 0.1) is 23.9 Å². The maximum Gasteiger partial charge on any atom is 0.188 e. The zero-order chi connectivity index (χ0) is 18.9. The zero-order valence-electron chi connectivity index (χ0n) is 16.0. The number of morpholine rings is 1. The molecule has 0 aliphatic carbocycles. The summed E-state index contributed by atoms with van der Waals surface area (Å²) in [6.45, 7) is 8.38. The summed E-state index contributed by atoms with van der Waals surface area (Å²) in [6, 6.07) is 8.57. The molecule has 1 fully saturated rings. The monoisotopic (exact) mass is 387 g/mol. The third-order valence-electron chi connectivity index (χ3n) is 4.61. The van der Waals surface area contributed by atoms with Crippen molar-refractivity contribution >= 4 is 17.3 Å². The minimum Gasteiger partial charge on any atom is -0.379 e. The molecule has 146 valence electrons. The lowest BCUT2D eigenvalue weighted by molar-refractivity contribution is 0.0377. The largest absolute Gasteiger partial charge is 0.379 e. The Labute approximate surface area is 165 Å². The van der Waals surface area contributed by atoms with Crippen LogP contribution in [0.25, 0.3) is 11.3 Å². The highest BCUT2D eigenvalue weighted by molar-refractivity contribution is 7.09. The van der Waals surface area contributed by atoms with E-state index in [-0.39, 0.29) is 0 Å². The van der Waals surface area contributed by atoms with Crippen molar-refractivity contribution in [2.45, 2.75) is 19.8 Å². The fourth-order valence-electron chi connectivity index (χ4n) is 3.05. The number of rotatable bonds is 8. The van der Waals surface area contributed by atoms with Crippen LogP contribution >= 0.6 is 11.3 Å². The van der Waals surface area contributed by atoms with Crippen molar-refractivity contribution in [1.82, 2.24) is 15.2 Å². The number of thiazole rings is 1. The summed E-state index contributed by atoms with van der Waals surface area (Å²) in [5.74, 6) is 0.534. The van der Waals surface area contributed by atoms with E-state index in [0.717, 1.165) is 75.0 Å². The van der Waals surface area contributed by atoms with Crippen LogP contribution in [0.15, 0.2) is 34.6 Å². The quantitative estimate of drug-likeness (QED) is 0.413. The molecular weight excluding hydrogens is 358 g/mol. The number of aromatic nitrogens is 1. The van der Waals surface area contributed by atoms with E-state index in [1.807, 2.05) is 6.92 Å². The van der Waals surface area contributed by atoms with Gasteiger partial charge < -0.3 is 15.8 Å². The van der Waals surface area contributed by atoms with Crippen LogP contribution < -0.4 is 11.1 Å². The van der Waals surface area contributed by atoms with E-state index in [9.17, 15) is 0 Å². The van der Waals surface area contributed by atoms with Gasteiger partial charge in [-0.3, -0.25) is 9.89 Å². The molecule has 0 unspecified atom stereocenters. The molecule has 3 rings (SSSR count). The summed E-state index contributed by atoms with van der Waals surface area (Å²) in [7, 11) is 0. The highest BCUT2D eigenvalue weighted by Gasteiger charge is 2.08. The third kappa shape index (κ3) is 6.61. The average Bonchev–Trinajstić information content (AvgIpc) is 3.13. The van der Waals surface area contributed by atoms with Gasteiger partial charge in [0.1, 0.15) is 0 Å². The molecule has 0 saturated carbocycles. The molecule has 27 heavy (non-hydrogen) atoms. The summed E-state index contributed by atoms with van der Waals surface area (Å²) in [5, 5.41) is 6.40. The van der Waals surface area contributed by atoms with Crippen molar-refractivity contribution in [3.05, 3.63) is 40.2 Å². The van der Waals surface area contributed by atoms with Crippen LogP contribution in [0.2, 0.25) is 0 Å². The van der Waals surface area contributed by atoms with Gasteiger partial charge >= 0.3 is 0 Å². The first-order valence-electron chi connectivity index (χ1n) is 9.56. The normalized spacial score (nSPS) is 15.8. The number of hydrogen-bond donors (Lipinski definition) is 2. The second-order valence-electron chi connectivity index (χ2n) is 6.70. The standard InChI is InChI=1S/C20H29N5OS/c1-16-24-19(15-27-16)18-5-3-17(4-6-18)7-9-23-20(21)22-8-2-10-25-11-13-26-14-12-25/h3-6,15H,2,7-14H2,1H3,(H3,21,22,23). The molecule has 0 atom stereocenters. The Hall–Kier alpha value is -1.96. The predicted molar refractivity (Wildman–Crippen MR) is 112 cm³/mol. The maximum absolute atomic E-state index is 5.96. The second kappa shape index (κ2) is 10.4. The first kappa shape index (κ1) is 19.8. The number of aryl methyl sites for hydroxylation is 1. The van der Waals surface area contributed by atoms with E-state index in [2.05, 4.69) is 49.8 Å². The van der Waals surface area contributed by atoms with Gasteiger partial charge in [-0.1, -0.05) is 24.3 Å². The molecule has 1 aromatic heterocycles. The first-order valence-corrected chi connectivity index (χ1v) is 10.4. The smallest absolute Gasteiger partial charge is 0.188 e. The van der Waals surface area contributed by atoms with Gasteiger partial charge in [0.15, 0.2) is 5.96 Å². The molecule has 1 aliphatic rings. The molecular formula is C20H29N5OS. The van der Waals surface area contributed by atoms with E-state index >= 15 is 0 Å². The maximum atomic E-state index is 5.96. The molecule has 6 nitrogen and oxygen atoms in total. The van der Waals surface area contributed by atoms with Crippen LogP contribution in [0.5, 0.6) is 0 Å². The van der Waals surface area contributed by atoms with E-state index in [1.165, 1.54) is 5.56 Å². The predicted octanol–water partition coefficient (Wildman–Crippen LogP) is 2.29. The van der Waals surface area contributed by atoms with Crippen LogP contribution in [0, 0.1) is 6.92 Å². The van der Waals surface area contributed by atoms with Crippen molar-refractivity contribution in [3.63, 3.8) is 0 Å². The number of guanidine groups is 1. The van der Waals surface area contributed by atoms with Crippen molar-refractivity contribution in [2.75, 3.05) is 45.9 Å². The van der Waals surface area contributed by atoms with Crippen molar-refractivity contribution in [2.24, 2.45) is 10.7 Å². The number of ether oxygens (including phenoxy) is 1. The Morgan fingerprint density at radius 3 is 2.78 bits per heavy atom. The van der Waals surface area contributed by atoms with Crippen LogP contribution in [0.3, 0.4) is 0 Å². The number of nitrogens with zero attached hydrogens (tertiary/aromatic N) is 3. The SMILES string of the molecule is Cc1nc(-c2ccc(CCNC(N)=NCCCN3CCOCC3)cc2)cs1. The molecule has 0 amide bonds. The summed E-state index contributed by atoms with van der Waals surface area (Å²) in [6.07, 6.45) is 1.94. The van der Waals surface area contributed by atoms with Gasteiger partial charge in [-0.05, 0) is 25.3 Å². The summed E-state index contributed by atoms with van der Waals surface area (Å²) < 4.78 is 5.35. The van der Waals surface area contributed by atoms with Crippen LogP contribution in [0.4, 0.5) is 0 Å². The zero-order valence-corrected chi connectivity index (χ0v) is 16.8. The van der Waals surface area contributed by atoms with Gasteiger partial charge in [0, 0.05) is 43.7 Å². The summed E-state index contributed by atoms with van der Waals surface area (Å²) >= 11 is 1.68. The average molecular weight is 388 g/mol. The Morgan fingerprint density at radius 1 is 1.30 bits per heavy atom. The molecule has 7 heteroatoms. The van der Waals surface area contributed by atoms with Gasteiger partial charge in [0.25, 0.3) is 0 Å². The molecule has 0 bridgehead atoms. The lowest BCUT2D eigenvalue weighted by Gasteiger charge is -2.26. The van der Waals surface area contributed by atoms with Crippen LogP contribution in [-0.2, 0) is 11.2 Å². The van der Waals surface area contributed by atoms with Crippen molar-refractivity contribution in [3.8, 4) is 11.3 Å². The Morgan fingerprint density at radius 2 is 2.07 bits per heavy atom. The molecule has 3 N–H and O–H groups in total. The second-order valence-corrected chi connectivity index (χ2v) is 7.76. The minimum absolute atomic E-state index is 0.534. The number of aliphatic imine (C=N–C) groups is 1. The lowest BCUT2D eigenvalue weighted by atomic mass is 10.1. The number of nitrogens with two attached hydrogens (primary N) is 1. The minimum atomic E-state index is 0.534. The summed E-state index contributed by atoms with van der Waals surface area (Å²) in [4.78, 5) is 11.4. The number of benzene rings is 1.